The molecule has 1 aliphatic rings. The zero-order valence-corrected chi connectivity index (χ0v) is 9.88. The zero-order chi connectivity index (χ0) is 13.3. The zero-order valence-electron chi connectivity index (χ0n) is 9.07. The standard InChI is InChI=1S/C9H9N3O5S/c10-18(15,16)7-6(2-1-3-11-7)8(13)12-4-5-17-9(12)14/h1-3H,4-5H2,(H2,10,15,16). The van der Waals surface area contributed by atoms with Crippen molar-refractivity contribution in [2.45, 2.75) is 5.03 Å². The van der Waals surface area contributed by atoms with Gasteiger partial charge < -0.3 is 4.74 Å². The van der Waals surface area contributed by atoms with Crippen molar-refractivity contribution in [3.63, 3.8) is 0 Å². The highest BCUT2D eigenvalue weighted by Gasteiger charge is 2.32. The number of primary sulfonamides is 1. The van der Waals surface area contributed by atoms with Crippen molar-refractivity contribution in [1.82, 2.24) is 9.88 Å². The molecular weight excluding hydrogens is 262 g/mol. The van der Waals surface area contributed by atoms with Gasteiger partial charge in [0.2, 0.25) is 0 Å². The average Bonchev–Trinajstić information content (AvgIpc) is 2.73. The first kappa shape index (κ1) is 12.5. The van der Waals surface area contributed by atoms with Gasteiger partial charge >= 0.3 is 6.09 Å². The molecule has 0 unspecified atom stereocenters. The third kappa shape index (κ3) is 2.17. The van der Waals surface area contributed by atoms with E-state index in [1.807, 2.05) is 0 Å². The van der Waals surface area contributed by atoms with Gasteiger partial charge in [0.25, 0.3) is 15.9 Å². The molecule has 1 aromatic heterocycles. The maximum absolute atomic E-state index is 12.0. The van der Waals surface area contributed by atoms with Crippen LogP contribution < -0.4 is 5.14 Å². The molecule has 1 aliphatic heterocycles. The first-order valence-corrected chi connectivity index (χ1v) is 6.42. The predicted octanol–water partition coefficient (Wildman–Crippen LogP) is -0.679. The van der Waals surface area contributed by atoms with Crippen molar-refractivity contribution in [3.05, 3.63) is 23.9 Å². The van der Waals surface area contributed by atoms with Crippen molar-refractivity contribution < 1.29 is 22.7 Å². The minimum Gasteiger partial charge on any atom is -0.447 e. The number of ether oxygens (including phenoxy) is 1. The van der Waals surface area contributed by atoms with E-state index >= 15 is 0 Å². The molecule has 0 aliphatic carbocycles. The molecule has 0 saturated carbocycles. The van der Waals surface area contributed by atoms with Crippen LogP contribution in [0, 0.1) is 0 Å². The Kier molecular flexibility index (Phi) is 3.01. The monoisotopic (exact) mass is 271 g/mol. The fourth-order valence-electron chi connectivity index (χ4n) is 1.50. The molecule has 2 rings (SSSR count). The Balaban J connectivity index is 2.46. The molecule has 2 amide bonds. The van der Waals surface area contributed by atoms with Gasteiger partial charge in [-0.25, -0.2) is 28.2 Å². The Hall–Kier alpha value is -2.00. The lowest BCUT2D eigenvalue weighted by Crippen LogP contribution is -2.33. The first-order chi connectivity index (χ1) is 8.41. The van der Waals surface area contributed by atoms with Crippen LogP contribution in [0.3, 0.4) is 0 Å². The summed E-state index contributed by atoms with van der Waals surface area (Å²) in [6, 6.07) is 2.62. The molecule has 18 heavy (non-hydrogen) atoms. The van der Waals surface area contributed by atoms with E-state index in [2.05, 4.69) is 9.72 Å². The third-order valence-corrected chi connectivity index (χ3v) is 3.14. The summed E-state index contributed by atoms with van der Waals surface area (Å²) in [6.07, 6.45) is 0.378. The second-order valence-electron chi connectivity index (χ2n) is 3.47. The van der Waals surface area contributed by atoms with E-state index in [9.17, 15) is 18.0 Å². The van der Waals surface area contributed by atoms with Gasteiger partial charge in [-0.1, -0.05) is 0 Å². The molecular formula is C9H9N3O5S. The first-order valence-electron chi connectivity index (χ1n) is 4.87. The molecule has 0 aromatic carbocycles. The van der Waals surface area contributed by atoms with Gasteiger partial charge in [-0.05, 0) is 12.1 Å². The van der Waals surface area contributed by atoms with Crippen LogP contribution in [0.15, 0.2) is 23.4 Å². The highest BCUT2D eigenvalue weighted by molar-refractivity contribution is 7.89. The summed E-state index contributed by atoms with van der Waals surface area (Å²) in [6.45, 7) is 0.145. The Labute approximate surface area is 102 Å². The lowest BCUT2D eigenvalue weighted by Gasteiger charge is -2.12. The molecule has 0 spiro atoms. The van der Waals surface area contributed by atoms with Crippen molar-refractivity contribution in [1.29, 1.82) is 0 Å². The number of amides is 2. The SMILES string of the molecule is NS(=O)(=O)c1ncccc1C(=O)N1CCOC1=O. The van der Waals surface area contributed by atoms with Crippen LogP contribution in [-0.2, 0) is 14.8 Å². The van der Waals surface area contributed by atoms with Gasteiger partial charge in [0.15, 0.2) is 5.03 Å². The summed E-state index contributed by atoms with van der Waals surface area (Å²) >= 11 is 0. The number of imide groups is 1. The molecule has 0 bridgehead atoms. The number of aromatic nitrogens is 1. The predicted molar refractivity (Wildman–Crippen MR) is 58.0 cm³/mol. The Bertz CT molecular complexity index is 612. The minimum absolute atomic E-state index is 0.0661. The number of sulfonamides is 1. The van der Waals surface area contributed by atoms with Crippen LogP contribution in [0.4, 0.5) is 4.79 Å². The van der Waals surface area contributed by atoms with Crippen LogP contribution in [0.2, 0.25) is 0 Å². The van der Waals surface area contributed by atoms with Crippen LogP contribution in [0.1, 0.15) is 10.4 Å². The van der Waals surface area contributed by atoms with E-state index in [-0.39, 0.29) is 18.7 Å². The molecule has 0 radical (unpaired) electrons. The highest BCUT2D eigenvalue weighted by atomic mass is 32.2. The van der Waals surface area contributed by atoms with Gasteiger partial charge in [0.1, 0.15) is 6.61 Å². The van der Waals surface area contributed by atoms with Gasteiger partial charge in [0.05, 0.1) is 12.1 Å². The van der Waals surface area contributed by atoms with E-state index in [0.717, 1.165) is 4.90 Å². The molecule has 96 valence electrons. The number of pyridine rings is 1. The third-order valence-electron chi connectivity index (χ3n) is 2.28. The number of hydrogen-bond donors (Lipinski definition) is 1. The number of cyclic esters (lactones) is 1. The summed E-state index contributed by atoms with van der Waals surface area (Å²) in [5, 5.41) is 4.39. The fraction of sp³-hybridized carbons (Fsp3) is 0.222. The summed E-state index contributed by atoms with van der Waals surface area (Å²) in [5.74, 6) is -0.797. The molecule has 9 heteroatoms. The van der Waals surface area contributed by atoms with Crippen molar-refractivity contribution in [2.75, 3.05) is 13.2 Å². The summed E-state index contributed by atoms with van der Waals surface area (Å²) in [4.78, 5) is 27.6. The maximum atomic E-state index is 12.0. The van der Waals surface area contributed by atoms with E-state index in [1.165, 1.54) is 18.3 Å². The Morgan fingerprint density at radius 3 is 2.78 bits per heavy atom. The van der Waals surface area contributed by atoms with Crippen molar-refractivity contribution >= 4 is 22.0 Å². The van der Waals surface area contributed by atoms with Crippen LogP contribution in [0.5, 0.6) is 0 Å². The van der Waals surface area contributed by atoms with Crippen LogP contribution in [-0.4, -0.2) is 43.5 Å². The summed E-state index contributed by atoms with van der Waals surface area (Å²) in [5.41, 5.74) is -0.251. The van der Waals surface area contributed by atoms with Gasteiger partial charge in [0, 0.05) is 6.20 Å². The average molecular weight is 271 g/mol. The van der Waals surface area contributed by atoms with Gasteiger partial charge in [-0.15, -0.1) is 0 Å². The minimum atomic E-state index is -4.14. The topological polar surface area (TPSA) is 120 Å². The van der Waals surface area contributed by atoms with Gasteiger partial charge in [-0.2, -0.15) is 0 Å². The quantitative estimate of drug-likeness (QED) is 0.761. The number of nitrogens with two attached hydrogens (primary N) is 1. The van der Waals surface area contributed by atoms with E-state index in [1.54, 1.807) is 0 Å². The molecule has 0 atom stereocenters. The molecule has 8 nitrogen and oxygen atoms in total. The molecule has 1 saturated heterocycles. The Morgan fingerprint density at radius 2 is 2.22 bits per heavy atom. The maximum Gasteiger partial charge on any atom is 0.416 e. The molecule has 2 N–H and O–H groups in total. The van der Waals surface area contributed by atoms with E-state index in [4.69, 9.17) is 5.14 Å². The summed E-state index contributed by atoms with van der Waals surface area (Å²) < 4.78 is 27.2. The number of carbonyl (C=O) groups is 2. The largest absolute Gasteiger partial charge is 0.447 e. The number of rotatable bonds is 2. The fourth-order valence-corrected chi connectivity index (χ4v) is 2.17. The molecule has 2 heterocycles. The summed E-state index contributed by atoms with van der Waals surface area (Å²) in [7, 11) is -4.14. The number of carbonyl (C=O) groups excluding carboxylic acids is 2. The number of nitrogens with zero attached hydrogens (tertiary/aromatic N) is 2. The lowest BCUT2D eigenvalue weighted by molar-refractivity contribution is 0.0805. The van der Waals surface area contributed by atoms with Crippen LogP contribution in [0.25, 0.3) is 0 Å². The second kappa shape index (κ2) is 4.35. The van der Waals surface area contributed by atoms with Crippen molar-refractivity contribution in [2.24, 2.45) is 5.14 Å². The normalized spacial score (nSPS) is 15.6. The second-order valence-corrected chi connectivity index (χ2v) is 4.95. The Morgan fingerprint density at radius 1 is 1.50 bits per heavy atom. The van der Waals surface area contributed by atoms with Crippen molar-refractivity contribution in [3.8, 4) is 0 Å². The highest BCUT2D eigenvalue weighted by Crippen LogP contribution is 2.15. The molecule has 1 fully saturated rings. The smallest absolute Gasteiger partial charge is 0.416 e. The molecule has 1 aromatic rings. The van der Waals surface area contributed by atoms with Gasteiger partial charge in [-0.3, -0.25) is 4.79 Å². The number of hydrogen-bond acceptors (Lipinski definition) is 6. The lowest BCUT2D eigenvalue weighted by atomic mass is 10.2. The van der Waals surface area contributed by atoms with E-state index in [0.29, 0.717) is 0 Å². The van der Waals surface area contributed by atoms with Crippen LogP contribution >= 0.6 is 0 Å². The van der Waals surface area contributed by atoms with E-state index < -0.39 is 27.0 Å².